The largest absolute Gasteiger partial charge is 0.379 e. The Balaban J connectivity index is 1.39. The Morgan fingerprint density at radius 3 is 2.76 bits per heavy atom. The second kappa shape index (κ2) is 9.44. The van der Waals surface area contributed by atoms with Crippen LogP contribution in [0.5, 0.6) is 0 Å². The molecule has 29 heavy (non-hydrogen) atoms. The zero-order valence-electron chi connectivity index (χ0n) is 16.2. The zero-order valence-corrected chi connectivity index (χ0v) is 16.2. The molecule has 0 aliphatic carbocycles. The third kappa shape index (κ3) is 5.27. The molecule has 1 aromatic carbocycles. The van der Waals surface area contributed by atoms with Gasteiger partial charge in [-0.05, 0) is 5.56 Å². The summed E-state index contributed by atoms with van der Waals surface area (Å²) >= 11 is 0. The highest BCUT2D eigenvalue weighted by atomic mass is 16.5. The van der Waals surface area contributed by atoms with E-state index in [0.717, 1.165) is 38.4 Å². The van der Waals surface area contributed by atoms with Crippen molar-refractivity contribution in [2.45, 2.75) is 19.1 Å². The van der Waals surface area contributed by atoms with Gasteiger partial charge in [-0.15, -0.1) is 5.10 Å². The van der Waals surface area contributed by atoms with Gasteiger partial charge in [-0.3, -0.25) is 14.4 Å². The summed E-state index contributed by atoms with van der Waals surface area (Å²) < 4.78 is 9.02. The normalized spacial score (nSPS) is 15.9. The lowest BCUT2D eigenvalue weighted by atomic mass is 10.1. The molecule has 1 saturated heterocycles. The third-order valence-corrected chi connectivity index (χ3v) is 4.98. The van der Waals surface area contributed by atoms with Crippen molar-refractivity contribution in [1.82, 2.24) is 34.8 Å². The molecule has 0 bridgehead atoms. The van der Waals surface area contributed by atoms with Crippen LogP contribution in [0.3, 0.4) is 0 Å². The van der Waals surface area contributed by atoms with Gasteiger partial charge in [0, 0.05) is 38.6 Å². The molecule has 1 aliphatic rings. The molecule has 0 radical (unpaired) electrons. The molecule has 9 heteroatoms. The summed E-state index contributed by atoms with van der Waals surface area (Å²) in [6, 6.07) is 9.69. The summed E-state index contributed by atoms with van der Waals surface area (Å²) in [4.78, 5) is 19.2. The topological polar surface area (TPSA) is 90.1 Å². The van der Waals surface area contributed by atoms with Gasteiger partial charge >= 0.3 is 0 Å². The van der Waals surface area contributed by atoms with E-state index in [-0.39, 0.29) is 11.9 Å². The SMILES string of the molecule is O=C(N[C@H](Cn1ccnc1)c1ccccc1)c1cn(CCN2CCOCC2)nn1. The van der Waals surface area contributed by atoms with Crippen molar-refractivity contribution in [2.75, 3.05) is 32.8 Å². The Morgan fingerprint density at radius 2 is 2.00 bits per heavy atom. The van der Waals surface area contributed by atoms with E-state index < -0.39 is 0 Å². The van der Waals surface area contributed by atoms with E-state index in [9.17, 15) is 4.79 Å². The number of carbonyl (C=O) groups excluding carboxylic acids is 1. The number of hydrogen-bond donors (Lipinski definition) is 1. The Bertz CT molecular complexity index is 889. The van der Waals surface area contributed by atoms with Crippen molar-refractivity contribution < 1.29 is 9.53 Å². The van der Waals surface area contributed by atoms with Gasteiger partial charge in [0.05, 0.1) is 38.3 Å². The summed E-state index contributed by atoms with van der Waals surface area (Å²) in [6.45, 7) is 5.52. The number of nitrogens with zero attached hydrogens (tertiary/aromatic N) is 6. The maximum Gasteiger partial charge on any atom is 0.274 e. The van der Waals surface area contributed by atoms with Crippen LogP contribution in [0.2, 0.25) is 0 Å². The number of amides is 1. The monoisotopic (exact) mass is 395 g/mol. The first-order chi connectivity index (χ1) is 14.3. The van der Waals surface area contributed by atoms with E-state index >= 15 is 0 Å². The number of ether oxygens (including phenoxy) is 1. The summed E-state index contributed by atoms with van der Waals surface area (Å²) in [5, 5.41) is 11.2. The van der Waals surface area contributed by atoms with Crippen LogP contribution >= 0.6 is 0 Å². The molecule has 2 aromatic heterocycles. The Kier molecular flexibility index (Phi) is 6.28. The van der Waals surface area contributed by atoms with Crippen LogP contribution in [-0.4, -0.2) is 68.2 Å². The van der Waals surface area contributed by atoms with Crippen LogP contribution in [0.1, 0.15) is 22.1 Å². The Morgan fingerprint density at radius 1 is 1.17 bits per heavy atom. The van der Waals surface area contributed by atoms with Gasteiger partial charge in [0.1, 0.15) is 0 Å². The van der Waals surface area contributed by atoms with Gasteiger partial charge in [-0.2, -0.15) is 0 Å². The smallest absolute Gasteiger partial charge is 0.274 e. The second-order valence-corrected chi connectivity index (χ2v) is 7.02. The predicted molar refractivity (Wildman–Crippen MR) is 106 cm³/mol. The van der Waals surface area contributed by atoms with Crippen molar-refractivity contribution >= 4 is 5.91 Å². The maximum atomic E-state index is 12.8. The summed E-state index contributed by atoms with van der Waals surface area (Å²) in [5.41, 5.74) is 1.34. The molecule has 9 nitrogen and oxygen atoms in total. The molecule has 0 spiro atoms. The third-order valence-electron chi connectivity index (χ3n) is 4.98. The molecule has 1 N–H and O–H groups in total. The van der Waals surface area contributed by atoms with Gasteiger partial charge in [0.2, 0.25) is 0 Å². The number of benzene rings is 1. The average molecular weight is 395 g/mol. The van der Waals surface area contributed by atoms with Gasteiger partial charge in [-0.1, -0.05) is 35.5 Å². The average Bonchev–Trinajstić information content (AvgIpc) is 3.45. The van der Waals surface area contributed by atoms with E-state index in [0.29, 0.717) is 18.8 Å². The number of morpholine rings is 1. The minimum Gasteiger partial charge on any atom is -0.379 e. The molecule has 1 atom stereocenters. The Labute approximate surface area is 169 Å². The van der Waals surface area contributed by atoms with Gasteiger partial charge in [-0.25, -0.2) is 4.98 Å². The zero-order chi connectivity index (χ0) is 19.9. The molecule has 4 rings (SSSR count). The van der Waals surface area contributed by atoms with Crippen LogP contribution < -0.4 is 5.32 Å². The van der Waals surface area contributed by atoms with Gasteiger partial charge in [0.25, 0.3) is 5.91 Å². The summed E-state index contributed by atoms with van der Waals surface area (Å²) in [7, 11) is 0. The lowest BCUT2D eigenvalue weighted by molar-refractivity contribution is 0.0359. The lowest BCUT2D eigenvalue weighted by Crippen LogP contribution is -2.38. The summed E-state index contributed by atoms with van der Waals surface area (Å²) in [6.07, 6.45) is 7.05. The van der Waals surface area contributed by atoms with E-state index in [1.807, 2.05) is 41.1 Å². The number of imidazole rings is 1. The quantitative estimate of drug-likeness (QED) is 0.612. The van der Waals surface area contributed by atoms with E-state index in [4.69, 9.17) is 4.74 Å². The van der Waals surface area contributed by atoms with E-state index in [1.165, 1.54) is 0 Å². The van der Waals surface area contributed by atoms with Crippen LogP contribution in [0.25, 0.3) is 0 Å². The number of nitrogens with one attached hydrogen (secondary N) is 1. The molecular formula is C20H25N7O2. The van der Waals surface area contributed by atoms with E-state index in [2.05, 4.69) is 25.5 Å². The first kappa shape index (κ1) is 19.3. The highest BCUT2D eigenvalue weighted by Gasteiger charge is 2.19. The fraction of sp³-hybridized carbons (Fsp3) is 0.400. The van der Waals surface area contributed by atoms with Gasteiger partial charge in [0.15, 0.2) is 5.69 Å². The molecule has 1 fully saturated rings. The second-order valence-electron chi connectivity index (χ2n) is 7.02. The fourth-order valence-corrected chi connectivity index (χ4v) is 3.34. The van der Waals surface area contributed by atoms with Crippen molar-refractivity contribution in [1.29, 1.82) is 0 Å². The molecule has 1 aliphatic heterocycles. The van der Waals surface area contributed by atoms with Gasteiger partial charge < -0.3 is 14.6 Å². The molecular weight excluding hydrogens is 370 g/mol. The highest BCUT2D eigenvalue weighted by Crippen LogP contribution is 2.15. The molecule has 0 unspecified atom stereocenters. The lowest BCUT2D eigenvalue weighted by Gasteiger charge is -2.26. The minimum atomic E-state index is -0.239. The van der Waals surface area contributed by atoms with Crippen LogP contribution in [0, 0.1) is 0 Å². The minimum absolute atomic E-state index is 0.198. The van der Waals surface area contributed by atoms with Crippen molar-refractivity contribution in [3.63, 3.8) is 0 Å². The summed E-state index contributed by atoms with van der Waals surface area (Å²) in [5.74, 6) is -0.239. The van der Waals surface area contributed by atoms with Crippen molar-refractivity contribution in [3.05, 3.63) is 66.5 Å². The van der Waals surface area contributed by atoms with Crippen LogP contribution in [-0.2, 0) is 17.8 Å². The first-order valence-corrected chi connectivity index (χ1v) is 9.80. The van der Waals surface area contributed by atoms with Crippen LogP contribution in [0.4, 0.5) is 0 Å². The standard InChI is InChI=1S/C20H25N7O2/c28-20(19-15-27(24-23-19)9-8-25-10-12-29-13-11-25)22-18(14-26-7-6-21-16-26)17-4-2-1-3-5-17/h1-7,15-16,18H,8-14H2,(H,22,28)/t18-/m1/s1. The molecule has 3 heterocycles. The van der Waals surface area contributed by atoms with Crippen LogP contribution in [0.15, 0.2) is 55.2 Å². The molecule has 3 aromatic rings. The molecule has 152 valence electrons. The predicted octanol–water partition coefficient (Wildman–Crippen LogP) is 0.978. The van der Waals surface area contributed by atoms with Crippen molar-refractivity contribution in [2.24, 2.45) is 0 Å². The highest BCUT2D eigenvalue weighted by molar-refractivity contribution is 5.92. The number of carbonyl (C=O) groups is 1. The fourth-order valence-electron chi connectivity index (χ4n) is 3.34. The number of hydrogen-bond acceptors (Lipinski definition) is 6. The molecule has 1 amide bonds. The Hall–Kier alpha value is -3.04. The number of rotatable bonds is 8. The first-order valence-electron chi connectivity index (χ1n) is 9.80. The van der Waals surface area contributed by atoms with Crippen molar-refractivity contribution in [3.8, 4) is 0 Å². The maximum absolute atomic E-state index is 12.8. The molecule has 0 saturated carbocycles. The van der Waals surface area contributed by atoms with E-state index in [1.54, 1.807) is 23.4 Å². The number of aromatic nitrogens is 5.